The van der Waals surface area contributed by atoms with Crippen molar-refractivity contribution in [1.29, 1.82) is 0 Å². The molecular formula is C16H15N5O2S. The molecule has 4 rings (SSSR count). The van der Waals surface area contributed by atoms with Gasteiger partial charge in [0.2, 0.25) is 0 Å². The molecule has 3 aromatic rings. The van der Waals surface area contributed by atoms with E-state index in [0.29, 0.717) is 11.9 Å². The molecule has 0 saturated heterocycles. The summed E-state index contributed by atoms with van der Waals surface area (Å²) in [5.74, 6) is 0.718. The summed E-state index contributed by atoms with van der Waals surface area (Å²) < 4.78 is 25.3. The van der Waals surface area contributed by atoms with E-state index in [1.165, 1.54) is 0 Å². The first-order chi connectivity index (χ1) is 11.4. The summed E-state index contributed by atoms with van der Waals surface area (Å²) in [6, 6.07) is 9.34. The Labute approximate surface area is 139 Å². The molecule has 1 aliphatic rings. The van der Waals surface area contributed by atoms with Crippen molar-refractivity contribution in [3.8, 4) is 0 Å². The maximum atomic E-state index is 11.8. The third-order valence-corrected chi connectivity index (χ3v) is 4.96. The minimum atomic E-state index is -3.37. The number of fused-ring (bicyclic) bond motifs is 2. The normalized spacial score (nSPS) is 13.8. The molecule has 0 unspecified atom stereocenters. The number of hydrogen-bond donors (Lipinski definition) is 1. The van der Waals surface area contributed by atoms with Crippen molar-refractivity contribution in [3.63, 3.8) is 0 Å². The quantitative estimate of drug-likeness (QED) is 0.767. The summed E-state index contributed by atoms with van der Waals surface area (Å²) in [6.07, 6.45) is 2.90. The summed E-state index contributed by atoms with van der Waals surface area (Å²) in [7, 11) is -1.64. The number of pyridine rings is 1. The van der Waals surface area contributed by atoms with Gasteiger partial charge >= 0.3 is 0 Å². The molecule has 122 valence electrons. The zero-order valence-electron chi connectivity index (χ0n) is 13.2. The molecular weight excluding hydrogens is 326 g/mol. The van der Waals surface area contributed by atoms with Crippen LogP contribution in [0.25, 0.3) is 10.9 Å². The molecule has 0 atom stereocenters. The molecule has 0 saturated carbocycles. The molecule has 24 heavy (non-hydrogen) atoms. The lowest BCUT2D eigenvalue weighted by Gasteiger charge is -2.07. The van der Waals surface area contributed by atoms with E-state index < -0.39 is 9.84 Å². The number of aliphatic imine (C=N–C) groups is 1. The molecule has 1 aliphatic heterocycles. The SMILES string of the molecule is Cn1nc(S(C)(=O)=O)c2ccc(NC3=NCc4cccnc43)cc21. The van der Waals surface area contributed by atoms with Crippen molar-refractivity contribution in [2.24, 2.45) is 12.0 Å². The maximum absolute atomic E-state index is 11.8. The minimum absolute atomic E-state index is 0.0942. The number of rotatable bonds is 2. The number of anilines is 1. The summed E-state index contributed by atoms with van der Waals surface area (Å²) in [4.78, 5) is 8.83. The lowest BCUT2D eigenvalue weighted by Crippen LogP contribution is -2.13. The van der Waals surface area contributed by atoms with Gasteiger partial charge in [-0.1, -0.05) is 6.07 Å². The van der Waals surface area contributed by atoms with E-state index in [4.69, 9.17) is 0 Å². The van der Waals surface area contributed by atoms with Gasteiger partial charge in [0.05, 0.1) is 12.1 Å². The van der Waals surface area contributed by atoms with Gasteiger partial charge in [-0.2, -0.15) is 5.10 Å². The van der Waals surface area contributed by atoms with Crippen molar-refractivity contribution in [3.05, 3.63) is 47.8 Å². The molecule has 8 heteroatoms. The number of nitrogens with zero attached hydrogens (tertiary/aromatic N) is 4. The van der Waals surface area contributed by atoms with Gasteiger partial charge in [0.1, 0.15) is 5.69 Å². The lowest BCUT2D eigenvalue weighted by atomic mass is 10.2. The predicted octanol–water partition coefficient (Wildman–Crippen LogP) is 1.74. The molecule has 7 nitrogen and oxygen atoms in total. The average Bonchev–Trinajstić information content (AvgIpc) is 3.09. The summed E-state index contributed by atoms with van der Waals surface area (Å²) in [5.41, 5.74) is 3.48. The van der Waals surface area contributed by atoms with Crippen molar-refractivity contribution in [2.45, 2.75) is 11.6 Å². The molecule has 3 heterocycles. The highest BCUT2D eigenvalue weighted by Crippen LogP contribution is 2.26. The van der Waals surface area contributed by atoms with E-state index in [0.717, 1.165) is 34.6 Å². The van der Waals surface area contributed by atoms with Crippen LogP contribution in [0.4, 0.5) is 5.69 Å². The third-order valence-electron chi connectivity index (χ3n) is 3.95. The van der Waals surface area contributed by atoms with Gasteiger partial charge in [-0.05, 0) is 24.3 Å². The maximum Gasteiger partial charge on any atom is 0.195 e. The van der Waals surface area contributed by atoms with E-state index in [2.05, 4.69) is 20.4 Å². The second-order valence-electron chi connectivity index (χ2n) is 5.73. The fourth-order valence-corrected chi connectivity index (χ4v) is 3.67. The predicted molar refractivity (Wildman–Crippen MR) is 91.9 cm³/mol. The largest absolute Gasteiger partial charge is 0.339 e. The standard InChI is InChI=1S/C16H15N5O2S/c1-21-13-8-11(5-6-12(13)16(20-21)24(2,22)23)19-15-14-10(9-18-15)4-3-7-17-14/h3-8H,9H2,1-2H3,(H,18,19). The number of aryl methyl sites for hydroxylation is 1. The van der Waals surface area contributed by atoms with Gasteiger partial charge in [-0.25, -0.2) is 8.42 Å². The van der Waals surface area contributed by atoms with Crippen molar-refractivity contribution >= 4 is 32.3 Å². The van der Waals surface area contributed by atoms with Gasteiger partial charge < -0.3 is 5.32 Å². The molecule has 2 aromatic heterocycles. The van der Waals surface area contributed by atoms with Gasteiger partial charge in [0.15, 0.2) is 20.7 Å². The zero-order chi connectivity index (χ0) is 16.9. The van der Waals surface area contributed by atoms with Crippen molar-refractivity contribution in [2.75, 3.05) is 11.6 Å². The van der Waals surface area contributed by atoms with Crippen molar-refractivity contribution < 1.29 is 8.42 Å². The second-order valence-corrected chi connectivity index (χ2v) is 7.66. The Morgan fingerprint density at radius 1 is 1.25 bits per heavy atom. The molecule has 1 aromatic carbocycles. The number of hydrogen-bond acceptors (Lipinski definition) is 6. The molecule has 0 spiro atoms. The Kier molecular flexibility index (Phi) is 3.17. The van der Waals surface area contributed by atoms with Crippen LogP contribution in [0.2, 0.25) is 0 Å². The monoisotopic (exact) mass is 341 g/mol. The van der Waals surface area contributed by atoms with Crippen LogP contribution in [0.5, 0.6) is 0 Å². The minimum Gasteiger partial charge on any atom is -0.339 e. The highest BCUT2D eigenvalue weighted by atomic mass is 32.2. The van der Waals surface area contributed by atoms with E-state index in [1.807, 2.05) is 24.3 Å². The zero-order valence-corrected chi connectivity index (χ0v) is 14.0. The lowest BCUT2D eigenvalue weighted by molar-refractivity contribution is 0.595. The molecule has 0 radical (unpaired) electrons. The molecule has 0 fully saturated rings. The van der Waals surface area contributed by atoms with Crippen molar-refractivity contribution in [1.82, 2.24) is 14.8 Å². The molecule has 0 bridgehead atoms. The first kappa shape index (κ1) is 14.8. The Hall–Kier alpha value is -2.74. The number of benzene rings is 1. The number of aromatic nitrogens is 3. The Morgan fingerprint density at radius 2 is 2.08 bits per heavy atom. The highest BCUT2D eigenvalue weighted by molar-refractivity contribution is 7.90. The van der Waals surface area contributed by atoms with Crippen LogP contribution in [-0.4, -0.2) is 35.3 Å². The number of amidine groups is 1. The van der Waals surface area contributed by atoms with Crippen LogP contribution in [0, 0.1) is 0 Å². The van der Waals surface area contributed by atoms with Gasteiger partial charge in [0, 0.05) is 36.1 Å². The van der Waals surface area contributed by atoms with Crippen LogP contribution < -0.4 is 5.32 Å². The van der Waals surface area contributed by atoms with Crippen LogP contribution >= 0.6 is 0 Å². The Morgan fingerprint density at radius 3 is 2.88 bits per heavy atom. The summed E-state index contributed by atoms with van der Waals surface area (Å²) >= 11 is 0. The third kappa shape index (κ3) is 2.35. The average molecular weight is 341 g/mol. The smallest absolute Gasteiger partial charge is 0.195 e. The van der Waals surface area contributed by atoms with Crippen LogP contribution in [0.1, 0.15) is 11.3 Å². The van der Waals surface area contributed by atoms with Gasteiger partial charge in [0.25, 0.3) is 0 Å². The number of nitrogens with one attached hydrogen (secondary N) is 1. The van der Waals surface area contributed by atoms with Gasteiger partial charge in [-0.15, -0.1) is 0 Å². The van der Waals surface area contributed by atoms with Gasteiger partial charge in [-0.3, -0.25) is 14.7 Å². The Bertz CT molecular complexity index is 1100. The highest BCUT2D eigenvalue weighted by Gasteiger charge is 2.20. The number of sulfone groups is 1. The van der Waals surface area contributed by atoms with Crippen LogP contribution in [-0.2, 0) is 23.4 Å². The van der Waals surface area contributed by atoms with E-state index in [9.17, 15) is 8.42 Å². The topological polar surface area (TPSA) is 89.2 Å². The molecule has 0 amide bonds. The van der Waals surface area contributed by atoms with E-state index >= 15 is 0 Å². The van der Waals surface area contributed by atoms with Crippen LogP contribution in [0.15, 0.2) is 46.5 Å². The van der Waals surface area contributed by atoms with E-state index in [-0.39, 0.29) is 5.03 Å². The molecule has 0 aliphatic carbocycles. The first-order valence-electron chi connectivity index (χ1n) is 7.36. The Balaban J connectivity index is 1.74. The van der Waals surface area contributed by atoms with Crippen LogP contribution in [0.3, 0.4) is 0 Å². The molecule has 1 N–H and O–H groups in total. The summed E-state index contributed by atoms with van der Waals surface area (Å²) in [6.45, 7) is 0.609. The van der Waals surface area contributed by atoms with E-state index in [1.54, 1.807) is 24.0 Å². The summed E-state index contributed by atoms with van der Waals surface area (Å²) in [5, 5.41) is 8.09. The first-order valence-corrected chi connectivity index (χ1v) is 9.25. The fraction of sp³-hybridized carbons (Fsp3) is 0.188. The fourth-order valence-electron chi connectivity index (χ4n) is 2.83. The second kappa shape index (κ2) is 5.13.